The number of nitrogens with zero attached hydrogens (tertiary/aromatic N) is 1. The zero-order chi connectivity index (χ0) is 16.8. The Hall–Kier alpha value is -1.52. The Morgan fingerprint density at radius 2 is 2.26 bits per heavy atom. The fraction of sp³-hybridized carbons (Fsp3) is 0.714. The lowest BCUT2D eigenvalue weighted by molar-refractivity contribution is -0.227. The predicted octanol–water partition coefficient (Wildman–Crippen LogP) is -1.73. The summed E-state index contributed by atoms with van der Waals surface area (Å²) in [6.45, 7) is 1.33. The van der Waals surface area contributed by atoms with Gasteiger partial charge in [-0.2, -0.15) is 0 Å². The molecule has 0 spiro atoms. The number of hydrogen-bond acceptors (Lipinski definition) is 7. The first-order valence-electron chi connectivity index (χ1n) is 7.32. The molecule has 0 bridgehead atoms. The summed E-state index contributed by atoms with van der Waals surface area (Å²) in [5, 5.41) is 20.9. The first kappa shape index (κ1) is 16.3. The van der Waals surface area contributed by atoms with Crippen LogP contribution in [0.2, 0.25) is 0 Å². The Morgan fingerprint density at radius 3 is 2.91 bits per heavy atom. The molecule has 9 heteroatoms. The largest absolute Gasteiger partial charge is 0.393 e. The van der Waals surface area contributed by atoms with Crippen LogP contribution in [0.4, 0.5) is 0 Å². The zero-order valence-corrected chi connectivity index (χ0v) is 12.9. The number of aromatic amines is 1. The van der Waals surface area contributed by atoms with Gasteiger partial charge in [0.05, 0.1) is 13.2 Å². The van der Waals surface area contributed by atoms with Crippen molar-refractivity contribution in [1.82, 2.24) is 9.55 Å². The standard InChI is InChI=1S/C14H20N2O7/c1-8-5-16(12(19)15-10(8)18)11-9(21-2)14(20)3-4-22-7-13(14,6-17)23-11/h5,9,11,17,20H,3-4,6-7H2,1-2H3,(H,15,18,19)/t9?,11-,13?,14+/m1/s1. The van der Waals surface area contributed by atoms with Crippen molar-refractivity contribution < 1.29 is 24.4 Å². The van der Waals surface area contributed by atoms with Crippen molar-refractivity contribution in [3.05, 3.63) is 32.6 Å². The Bertz CT molecular complexity index is 714. The Balaban J connectivity index is 2.12. The molecule has 0 amide bonds. The summed E-state index contributed by atoms with van der Waals surface area (Å²) in [7, 11) is 1.39. The van der Waals surface area contributed by atoms with Crippen molar-refractivity contribution in [3.8, 4) is 0 Å². The van der Waals surface area contributed by atoms with E-state index in [1.807, 2.05) is 0 Å². The highest BCUT2D eigenvalue weighted by molar-refractivity contribution is 5.15. The minimum atomic E-state index is -1.51. The third kappa shape index (κ3) is 2.19. The molecule has 2 unspecified atom stereocenters. The van der Waals surface area contributed by atoms with Gasteiger partial charge in [0.15, 0.2) is 6.23 Å². The van der Waals surface area contributed by atoms with Gasteiger partial charge < -0.3 is 24.4 Å². The Morgan fingerprint density at radius 1 is 1.52 bits per heavy atom. The van der Waals surface area contributed by atoms with Crippen LogP contribution in [0.1, 0.15) is 18.2 Å². The average Bonchev–Trinajstić information content (AvgIpc) is 2.79. The van der Waals surface area contributed by atoms with Crippen molar-refractivity contribution in [2.75, 3.05) is 26.9 Å². The van der Waals surface area contributed by atoms with Crippen molar-refractivity contribution in [1.29, 1.82) is 0 Å². The maximum absolute atomic E-state index is 12.1. The summed E-state index contributed by atoms with van der Waals surface area (Å²) in [4.78, 5) is 25.9. The number of aryl methyl sites for hydroxylation is 1. The van der Waals surface area contributed by atoms with Crippen LogP contribution < -0.4 is 11.2 Å². The van der Waals surface area contributed by atoms with Gasteiger partial charge in [-0.3, -0.25) is 14.3 Å². The molecule has 3 rings (SSSR count). The summed E-state index contributed by atoms with van der Waals surface area (Å²) < 4.78 is 17.8. The molecule has 9 nitrogen and oxygen atoms in total. The lowest BCUT2D eigenvalue weighted by Gasteiger charge is -2.44. The molecule has 0 aliphatic carbocycles. The Kier molecular flexibility index (Phi) is 3.93. The van der Waals surface area contributed by atoms with E-state index < -0.39 is 41.4 Å². The maximum atomic E-state index is 12.1. The average molecular weight is 328 g/mol. The summed E-state index contributed by atoms with van der Waals surface area (Å²) >= 11 is 0. The summed E-state index contributed by atoms with van der Waals surface area (Å²) in [6.07, 6.45) is -0.354. The number of H-pyrrole nitrogens is 1. The molecule has 0 saturated carbocycles. The first-order chi connectivity index (χ1) is 10.9. The number of aliphatic hydroxyl groups is 2. The molecule has 2 saturated heterocycles. The van der Waals surface area contributed by atoms with Gasteiger partial charge in [0.25, 0.3) is 5.56 Å². The van der Waals surface area contributed by atoms with Crippen molar-refractivity contribution in [2.24, 2.45) is 0 Å². The van der Waals surface area contributed by atoms with Gasteiger partial charge in [-0.15, -0.1) is 0 Å². The van der Waals surface area contributed by atoms with Gasteiger partial charge >= 0.3 is 5.69 Å². The van der Waals surface area contributed by atoms with E-state index in [2.05, 4.69) is 4.98 Å². The van der Waals surface area contributed by atoms with Crippen LogP contribution in [0.5, 0.6) is 0 Å². The summed E-state index contributed by atoms with van der Waals surface area (Å²) in [5.74, 6) is 0. The van der Waals surface area contributed by atoms with Crippen LogP contribution in [0.15, 0.2) is 15.8 Å². The molecule has 3 heterocycles. The second-order valence-electron chi connectivity index (χ2n) is 6.02. The fourth-order valence-electron chi connectivity index (χ4n) is 3.39. The van der Waals surface area contributed by atoms with Crippen molar-refractivity contribution in [3.63, 3.8) is 0 Å². The molecule has 2 aliphatic rings. The molecule has 1 aromatic heterocycles. The van der Waals surface area contributed by atoms with E-state index in [-0.39, 0.29) is 19.6 Å². The van der Waals surface area contributed by atoms with E-state index in [1.54, 1.807) is 6.92 Å². The van der Waals surface area contributed by atoms with Gasteiger partial charge in [-0.25, -0.2) is 4.79 Å². The minimum Gasteiger partial charge on any atom is -0.393 e. The zero-order valence-electron chi connectivity index (χ0n) is 12.9. The van der Waals surface area contributed by atoms with Crippen LogP contribution in [0.3, 0.4) is 0 Å². The van der Waals surface area contributed by atoms with Crippen molar-refractivity contribution >= 4 is 0 Å². The number of methoxy groups -OCH3 is 1. The van der Waals surface area contributed by atoms with Crippen LogP contribution in [-0.2, 0) is 14.2 Å². The third-order valence-corrected chi connectivity index (χ3v) is 4.76. The lowest BCUT2D eigenvalue weighted by atomic mass is 9.77. The topological polar surface area (TPSA) is 123 Å². The molecule has 2 fully saturated rings. The molecule has 128 valence electrons. The molecule has 0 radical (unpaired) electrons. The highest BCUT2D eigenvalue weighted by atomic mass is 16.6. The monoisotopic (exact) mass is 328 g/mol. The summed E-state index contributed by atoms with van der Waals surface area (Å²) in [6, 6.07) is 0. The van der Waals surface area contributed by atoms with E-state index in [9.17, 15) is 19.8 Å². The number of fused-ring (bicyclic) bond motifs is 1. The second-order valence-corrected chi connectivity index (χ2v) is 6.02. The predicted molar refractivity (Wildman–Crippen MR) is 77.2 cm³/mol. The van der Waals surface area contributed by atoms with Crippen molar-refractivity contribution in [2.45, 2.75) is 36.9 Å². The normalized spacial score (nSPS) is 36.9. The molecule has 23 heavy (non-hydrogen) atoms. The molecule has 0 aromatic carbocycles. The number of rotatable bonds is 3. The smallest absolute Gasteiger partial charge is 0.330 e. The Labute approximate surface area is 131 Å². The SMILES string of the molecule is COC1[C@H](n2cc(C)c(=O)[nH]c2=O)OC2(CO)COCC[C@]12O. The molecule has 4 atom stereocenters. The van der Waals surface area contributed by atoms with E-state index in [1.165, 1.54) is 17.9 Å². The highest BCUT2D eigenvalue weighted by Crippen LogP contribution is 2.49. The van der Waals surface area contributed by atoms with Gasteiger partial charge in [-0.05, 0) is 6.92 Å². The number of aliphatic hydroxyl groups excluding tert-OH is 1. The van der Waals surface area contributed by atoms with E-state index in [0.29, 0.717) is 5.56 Å². The highest BCUT2D eigenvalue weighted by Gasteiger charge is 2.67. The molecular formula is C14H20N2O7. The lowest BCUT2D eigenvalue weighted by Crippen LogP contribution is -2.64. The van der Waals surface area contributed by atoms with Crippen LogP contribution in [-0.4, -0.2) is 64.0 Å². The van der Waals surface area contributed by atoms with Gasteiger partial charge in [0.2, 0.25) is 0 Å². The maximum Gasteiger partial charge on any atom is 0.330 e. The van der Waals surface area contributed by atoms with Gasteiger partial charge in [0.1, 0.15) is 17.3 Å². The van der Waals surface area contributed by atoms with Gasteiger partial charge in [-0.1, -0.05) is 0 Å². The van der Waals surface area contributed by atoms with Crippen LogP contribution in [0.25, 0.3) is 0 Å². The minimum absolute atomic E-state index is 0.0204. The number of nitrogens with one attached hydrogen (secondary N) is 1. The van der Waals surface area contributed by atoms with Crippen LogP contribution >= 0.6 is 0 Å². The molecule has 2 aliphatic heterocycles. The number of aromatic nitrogens is 2. The number of hydrogen-bond donors (Lipinski definition) is 3. The first-order valence-corrected chi connectivity index (χ1v) is 7.32. The van der Waals surface area contributed by atoms with E-state index in [0.717, 1.165) is 0 Å². The van der Waals surface area contributed by atoms with Crippen LogP contribution in [0, 0.1) is 6.92 Å². The van der Waals surface area contributed by atoms with E-state index >= 15 is 0 Å². The fourth-order valence-corrected chi connectivity index (χ4v) is 3.39. The molecule has 3 N–H and O–H groups in total. The van der Waals surface area contributed by atoms with E-state index in [4.69, 9.17) is 14.2 Å². The number of ether oxygens (including phenoxy) is 3. The second kappa shape index (κ2) is 5.53. The van der Waals surface area contributed by atoms with Gasteiger partial charge in [0, 0.05) is 31.9 Å². The molecular weight excluding hydrogens is 308 g/mol. The third-order valence-electron chi connectivity index (χ3n) is 4.76. The summed E-state index contributed by atoms with van der Waals surface area (Å²) in [5.41, 5.74) is -3.75. The molecule has 1 aromatic rings. The quantitative estimate of drug-likeness (QED) is 0.602.